The third-order valence-electron chi connectivity index (χ3n) is 7.82. The van der Waals surface area contributed by atoms with Crippen molar-refractivity contribution in [1.82, 2.24) is 0 Å². The first-order valence-electron chi connectivity index (χ1n) is 15.1. The Balaban J connectivity index is 0.000000202. The molecule has 44 heavy (non-hydrogen) atoms. The predicted molar refractivity (Wildman–Crippen MR) is 205 cm³/mol. The molecule has 0 aliphatic carbocycles. The molecule has 0 N–H and O–H groups in total. The molecular formula is C38H45I2N2ORu-. The molecule has 0 radical (unpaired) electrons. The van der Waals surface area contributed by atoms with Crippen molar-refractivity contribution >= 4 is 55.5 Å². The molecule has 1 saturated heterocycles. The minimum atomic E-state index is -0.882. The van der Waals surface area contributed by atoms with Crippen molar-refractivity contribution in [2.75, 3.05) is 22.9 Å². The van der Waals surface area contributed by atoms with E-state index in [1.165, 1.54) is 61.4 Å². The van der Waals surface area contributed by atoms with E-state index < -0.39 is 8.47 Å². The van der Waals surface area contributed by atoms with Crippen LogP contribution < -0.4 is 14.5 Å². The Morgan fingerprint density at radius 1 is 0.750 bits per heavy atom. The van der Waals surface area contributed by atoms with Gasteiger partial charge in [0.05, 0.1) is 0 Å². The fourth-order valence-electron chi connectivity index (χ4n) is 6.18. The van der Waals surface area contributed by atoms with Crippen molar-refractivity contribution in [2.24, 2.45) is 0 Å². The summed E-state index contributed by atoms with van der Waals surface area (Å²) < 4.78 is 8.59. The van der Waals surface area contributed by atoms with Crippen LogP contribution in [0.1, 0.15) is 69.8 Å². The molecule has 3 nitrogen and oxygen atoms in total. The molecule has 1 fully saturated rings. The van der Waals surface area contributed by atoms with Gasteiger partial charge in [0.2, 0.25) is 0 Å². The monoisotopic (exact) mass is 901 g/mol. The number of para-hydroxylation sites is 1. The summed E-state index contributed by atoms with van der Waals surface area (Å²) in [6.07, 6.45) is 0. The van der Waals surface area contributed by atoms with Crippen LogP contribution in [-0.2, 0) is 15.1 Å². The van der Waals surface area contributed by atoms with E-state index in [0.717, 1.165) is 18.8 Å². The van der Waals surface area contributed by atoms with Crippen LogP contribution >= 0.6 is 39.5 Å². The van der Waals surface area contributed by atoms with Crippen LogP contribution in [0.15, 0.2) is 72.8 Å². The Hall–Kier alpha value is -1.77. The number of benzene rings is 4. The minimum Gasteiger partial charge on any atom is -0.502 e. The summed E-state index contributed by atoms with van der Waals surface area (Å²) in [5.74, 6) is 1.52. The molecular weight excluding hydrogens is 855 g/mol. The van der Waals surface area contributed by atoms with Gasteiger partial charge in [-0.3, -0.25) is 0 Å². The Morgan fingerprint density at radius 2 is 1.25 bits per heavy atom. The van der Waals surface area contributed by atoms with Gasteiger partial charge >= 0.3 is 155 Å². The van der Waals surface area contributed by atoms with Crippen LogP contribution in [0.4, 0.5) is 11.4 Å². The van der Waals surface area contributed by atoms with E-state index in [2.05, 4.69) is 183 Å². The Morgan fingerprint density at radius 3 is 1.70 bits per heavy atom. The van der Waals surface area contributed by atoms with Gasteiger partial charge in [-0.05, 0) is 63.8 Å². The largest absolute Gasteiger partial charge is 0.502 e. The zero-order valence-corrected chi connectivity index (χ0v) is 33.2. The SMILES string of the molecule is CC(C)c1cccc([CH]=[Ru]([I])[I])c1OCc1ccccc1.Cc1cc(C)c(N2[CH-]N(c3c(C)cc(C)cc3C)CC2)c(C)c1. The van der Waals surface area contributed by atoms with Gasteiger partial charge in [0.15, 0.2) is 0 Å². The second-order valence-electron chi connectivity index (χ2n) is 12.0. The average molecular weight is 901 g/mol. The molecule has 236 valence electrons. The molecule has 0 atom stereocenters. The molecule has 0 saturated carbocycles. The van der Waals surface area contributed by atoms with Crippen molar-refractivity contribution in [2.45, 2.75) is 67.9 Å². The van der Waals surface area contributed by atoms with E-state index in [1.54, 1.807) is 0 Å². The van der Waals surface area contributed by atoms with E-state index in [0.29, 0.717) is 12.5 Å². The summed E-state index contributed by atoms with van der Waals surface area (Å²) in [5.41, 5.74) is 14.6. The number of nitrogens with zero attached hydrogens (tertiary/aromatic N) is 2. The maximum Gasteiger partial charge on any atom is 0.0146 e. The van der Waals surface area contributed by atoms with Gasteiger partial charge < -0.3 is 9.80 Å². The zero-order chi connectivity index (χ0) is 32.0. The zero-order valence-electron chi connectivity index (χ0n) is 27.2. The molecule has 5 rings (SSSR count). The van der Waals surface area contributed by atoms with Crippen LogP contribution in [-0.4, -0.2) is 17.7 Å². The number of halogens is 2. The summed E-state index contributed by atoms with van der Waals surface area (Å²) in [7, 11) is -0.882. The Kier molecular flexibility index (Phi) is 12.9. The van der Waals surface area contributed by atoms with Crippen LogP contribution in [0.5, 0.6) is 5.75 Å². The standard InChI is InChI=1S/C21H27N2.C17H18O.2HI.Ru/c1-14-9-16(3)20(17(4)10-14)22-7-8-23(13-22)21-18(5)11-15(2)12-19(21)6;1-13(2)16-11-7-8-14(3)17(16)18-12-15-9-5-4-6-10-15;;;/h9-13H,7-8H2,1-6H3;3-11,13H,12H2,1-2H3;2*1H;/q-1;;;;+2/p-2. The van der Waals surface area contributed by atoms with E-state index in [4.69, 9.17) is 4.74 Å². The molecule has 0 aromatic heterocycles. The van der Waals surface area contributed by atoms with Crippen LogP contribution in [0.25, 0.3) is 0 Å². The van der Waals surface area contributed by atoms with Crippen molar-refractivity contribution in [3.63, 3.8) is 0 Å². The first kappa shape index (κ1) is 35.1. The van der Waals surface area contributed by atoms with Crippen molar-refractivity contribution < 1.29 is 13.2 Å². The minimum absolute atomic E-state index is 0.466. The Bertz CT molecular complexity index is 1500. The number of hydrogen-bond acceptors (Lipinski definition) is 3. The first-order valence-corrected chi connectivity index (χ1v) is 26.5. The van der Waals surface area contributed by atoms with Gasteiger partial charge in [0, 0.05) is 24.5 Å². The van der Waals surface area contributed by atoms with Crippen LogP contribution in [0.2, 0.25) is 0 Å². The van der Waals surface area contributed by atoms with Crippen LogP contribution in [0, 0.1) is 48.2 Å². The Labute approximate surface area is 292 Å². The van der Waals surface area contributed by atoms with E-state index >= 15 is 0 Å². The van der Waals surface area contributed by atoms with Gasteiger partial charge in [0.1, 0.15) is 0 Å². The van der Waals surface area contributed by atoms with Crippen molar-refractivity contribution in [1.29, 1.82) is 0 Å². The quantitative estimate of drug-likeness (QED) is 0.104. The molecule has 1 aliphatic heterocycles. The second-order valence-corrected chi connectivity index (χ2v) is 31.9. The van der Waals surface area contributed by atoms with E-state index in [-0.39, 0.29) is 0 Å². The van der Waals surface area contributed by atoms with Gasteiger partial charge in [-0.15, -0.1) is 0 Å². The number of hydrogen-bond donors (Lipinski definition) is 0. The molecule has 0 amide bonds. The van der Waals surface area contributed by atoms with Gasteiger partial charge in [0.25, 0.3) is 0 Å². The summed E-state index contributed by atoms with van der Waals surface area (Å²) in [5, 5.41) is 0. The summed E-state index contributed by atoms with van der Waals surface area (Å²) in [4.78, 5) is 4.81. The summed E-state index contributed by atoms with van der Waals surface area (Å²) in [6.45, 7) is 22.6. The average Bonchev–Trinajstić information content (AvgIpc) is 3.40. The maximum absolute atomic E-state index is 6.20. The smallest absolute Gasteiger partial charge is 0.0146 e. The summed E-state index contributed by atoms with van der Waals surface area (Å²) >= 11 is 5.10. The number of anilines is 2. The third-order valence-corrected chi connectivity index (χ3v) is 11.3. The fraction of sp³-hybridized carbons (Fsp3) is 0.316. The maximum atomic E-state index is 6.20. The molecule has 4 aromatic rings. The number of aryl methyl sites for hydroxylation is 6. The van der Waals surface area contributed by atoms with Crippen LogP contribution in [0.3, 0.4) is 0 Å². The molecule has 1 aliphatic rings. The molecule has 6 heteroatoms. The molecule has 0 spiro atoms. The normalized spacial score (nSPS) is 13.1. The summed E-state index contributed by atoms with van der Waals surface area (Å²) in [6, 6.07) is 26.0. The molecule has 0 unspecified atom stereocenters. The number of ether oxygens (including phenoxy) is 1. The number of rotatable bonds is 7. The second kappa shape index (κ2) is 16.2. The molecule has 1 heterocycles. The van der Waals surface area contributed by atoms with Gasteiger partial charge in [-0.25, -0.2) is 0 Å². The predicted octanol–water partition coefficient (Wildman–Crippen LogP) is 10.8. The van der Waals surface area contributed by atoms with Crippen molar-refractivity contribution in [3.8, 4) is 5.75 Å². The van der Waals surface area contributed by atoms with Gasteiger partial charge in [-0.2, -0.15) is 6.67 Å². The molecule has 4 aromatic carbocycles. The van der Waals surface area contributed by atoms with E-state index in [1.807, 2.05) is 6.07 Å². The van der Waals surface area contributed by atoms with Crippen molar-refractivity contribution in [3.05, 3.63) is 130 Å². The topological polar surface area (TPSA) is 15.7 Å². The molecule has 0 bridgehead atoms. The van der Waals surface area contributed by atoms with E-state index in [9.17, 15) is 0 Å². The fourth-order valence-corrected chi connectivity index (χ4v) is 9.79. The van der Waals surface area contributed by atoms with Gasteiger partial charge in [-0.1, -0.05) is 35.4 Å². The third kappa shape index (κ3) is 9.16. The first-order chi connectivity index (χ1) is 20.9.